The molecule has 158 valence electrons. The summed E-state index contributed by atoms with van der Waals surface area (Å²) >= 11 is 6.95. The highest BCUT2D eigenvalue weighted by atomic mass is 35.5. The van der Waals surface area contributed by atoms with Crippen LogP contribution in [-0.4, -0.2) is 21.9 Å². The van der Waals surface area contributed by atoms with E-state index in [0.717, 1.165) is 33.8 Å². The lowest BCUT2D eigenvalue weighted by Gasteiger charge is -2.09. The van der Waals surface area contributed by atoms with E-state index >= 15 is 0 Å². The molecule has 0 unspecified atom stereocenters. The lowest BCUT2D eigenvalue weighted by atomic mass is 10.0. The van der Waals surface area contributed by atoms with Crippen molar-refractivity contribution in [3.8, 4) is 11.5 Å². The first-order valence-corrected chi connectivity index (χ1v) is 10.7. The molecule has 0 fully saturated rings. The maximum absolute atomic E-state index is 12.2. The summed E-state index contributed by atoms with van der Waals surface area (Å²) in [6.07, 6.45) is 0. The van der Waals surface area contributed by atoms with Crippen LogP contribution in [0.4, 0.5) is 0 Å². The lowest BCUT2D eigenvalue weighted by molar-refractivity contribution is -0.141. The predicted molar refractivity (Wildman–Crippen MR) is 117 cm³/mol. The molecule has 9 heteroatoms. The second-order valence-corrected chi connectivity index (χ2v) is 8.17. The van der Waals surface area contributed by atoms with Crippen molar-refractivity contribution < 1.29 is 18.4 Å². The number of aryl methyl sites for hydroxylation is 2. The van der Waals surface area contributed by atoms with Gasteiger partial charge in [0.25, 0.3) is 5.22 Å². The maximum Gasteiger partial charge on any atom is 0.336 e. The molecule has 0 spiro atoms. The van der Waals surface area contributed by atoms with Crippen LogP contribution in [0.5, 0.6) is 0 Å². The molecule has 0 saturated heterocycles. The molecule has 2 aromatic carbocycles. The van der Waals surface area contributed by atoms with Gasteiger partial charge < -0.3 is 13.6 Å². The van der Waals surface area contributed by atoms with Crippen molar-refractivity contribution in [2.24, 2.45) is 0 Å². The van der Waals surface area contributed by atoms with Crippen LogP contribution in [0.25, 0.3) is 22.4 Å². The first-order chi connectivity index (χ1) is 14.9. The van der Waals surface area contributed by atoms with Gasteiger partial charge in [0, 0.05) is 27.6 Å². The average Bonchev–Trinajstić information content (AvgIpc) is 3.23. The van der Waals surface area contributed by atoms with Gasteiger partial charge in [-0.15, -0.1) is 10.2 Å². The number of benzene rings is 2. The van der Waals surface area contributed by atoms with Crippen molar-refractivity contribution in [2.45, 2.75) is 25.7 Å². The first-order valence-electron chi connectivity index (χ1n) is 9.31. The van der Waals surface area contributed by atoms with E-state index in [1.54, 1.807) is 24.3 Å². The third kappa shape index (κ3) is 4.81. The molecule has 0 radical (unpaired) electrons. The van der Waals surface area contributed by atoms with Crippen molar-refractivity contribution in [1.82, 2.24) is 10.2 Å². The van der Waals surface area contributed by atoms with E-state index in [-0.39, 0.29) is 17.6 Å². The van der Waals surface area contributed by atoms with Crippen LogP contribution in [0.15, 0.2) is 61.3 Å². The SMILES string of the molecule is Cc1ccc2c(COC(=O)CSc3nnc(-c4ccc(Cl)cc4)o3)cc(=O)oc2c1C. The number of nitrogens with zero attached hydrogens (tertiary/aromatic N) is 2. The van der Waals surface area contributed by atoms with Gasteiger partial charge in [-0.3, -0.25) is 4.79 Å². The first kappa shape index (κ1) is 21.1. The second-order valence-electron chi connectivity index (χ2n) is 6.80. The molecule has 4 aromatic rings. The van der Waals surface area contributed by atoms with Crippen LogP contribution in [0, 0.1) is 13.8 Å². The van der Waals surface area contributed by atoms with E-state index in [1.807, 2.05) is 26.0 Å². The van der Waals surface area contributed by atoms with Crippen LogP contribution >= 0.6 is 23.4 Å². The maximum atomic E-state index is 12.2. The molecule has 0 N–H and O–H groups in total. The number of esters is 1. The molecular weight excluding hydrogens is 440 g/mol. The zero-order valence-corrected chi connectivity index (χ0v) is 18.2. The van der Waals surface area contributed by atoms with Crippen LogP contribution in [0.2, 0.25) is 5.02 Å². The quantitative estimate of drug-likeness (QED) is 0.228. The van der Waals surface area contributed by atoms with E-state index in [2.05, 4.69) is 10.2 Å². The van der Waals surface area contributed by atoms with E-state index in [4.69, 9.17) is 25.2 Å². The largest absolute Gasteiger partial charge is 0.460 e. The molecule has 2 heterocycles. The topological polar surface area (TPSA) is 95.4 Å². The van der Waals surface area contributed by atoms with E-state index in [9.17, 15) is 9.59 Å². The molecule has 0 aliphatic heterocycles. The van der Waals surface area contributed by atoms with Gasteiger partial charge in [-0.1, -0.05) is 35.5 Å². The molecule has 4 rings (SSSR count). The van der Waals surface area contributed by atoms with Crippen LogP contribution < -0.4 is 5.63 Å². The minimum Gasteiger partial charge on any atom is -0.460 e. The Morgan fingerprint density at radius 3 is 2.65 bits per heavy atom. The zero-order chi connectivity index (χ0) is 22.0. The minimum absolute atomic E-state index is 0.0141. The fourth-order valence-corrected chi connectivity index (χ4v) is 3.63. The van der Waals surface area contributed by atoms with Crippen molar-refractivity contribution in [3.05, 3.63) is 74.6 Å². The van der Waals surface area contributed by atoms with Crippen molar-refractivity contribution in [3.63, 3.8) is 0 Å². The zero-order valence-electron chi connectivity index (χ0n) is 16.7. The normalized spacial score (nSPS) is 11.1. The Morgan fingerprint density at radius 1 is 1.10 bits per heavy atom. The summed E-state index contributed by atoms with van der Waals surface area (Å²) in [5.74, 6) is -0.151. The molecule has 7 nitrogen and oxygen atoms in total. The summed E-state index contributed by atoms with van der Waals surface area (Å²) in [7, 11) is 0. The monoisotopic (exact) mass is 456 g/mol. The summed E-state index contributed by atoms with van der Waals surface area (Å²) in [6, 6.07) is 12.1. The molecule has 0 atom stereocenters. The summed E-state index contributed by atoms with van der Waals surface area (Å²) in [5, 5.41) is 9.49. The third-order valence-electron chi connectivity index (χ3n) is 4.72. The average molecular weight is 457 g/mol. The van der Waals surface area contributed by atoms with E-state index in [1.165, 1.54) is 6.07 Å². The van der Waals surface area contributed by atoms with Gasteiger partial charge in [-0.25, -0.2) is 4.79 Å². The smallest absolute Gasteiger partial charge is 0.336 e. The van der Waals surface area contributed by atoms with Gasteiger partial charge in [-0.2, -0.15) is 0 Å². The Balaban J connectivity index is 1.39. The van der Waals surface area contributed by atoms with Crippen molar-refractivity contribution in [1.29, 1.82) is 0 Å². The molecule has 0 bridgehead atoms. The Hall–Kier alpha value is -3.10. The molecule has 0 aliphatic rings. The summed E-state index contributed by atoms with van der Waals surface area (Å²) in [4.78, 5) is 24.1. The Bertz CT molecular complexity index is 1310. The number of halogens is 1. The fraction of sp³-hybridized carbons (Fsp3) is 0.182. The number of aromatic nitrogens is 2. The highest BCUT2D eigenvalue weighted by Gasteiger charge is 2.14. The standard InChI is InChI=1S/C22H17ClN2O5S/c1-12-3-8-17-15(9-18(26)29-20(17)13(12)2)10-28-19(27)11-31-22-25-24-21(30-22)14-4-6-16(23)7-5-14/h3-9H,10-11H2,1-2H3. The van der Waals surface area contributed by atoms with Gasteiger partial charge in [-0.05, 0) is 49.2 Å². The number of carbonyl (C=O) groups is 1. The number of rotatable bonds is 6. The number of hydrogen-bond acceptors (Lipinski definition) is 8. The lowest BCUT2D eigenvalue weighted by Crippen LogP contribution is -2.09. The third-order valence-corrected chi connectivity index (χ3v) is 5.76. The Morgan fingerprint density at radius 2 is 1.87 bits per heavy atom. The van der Waals surface area contributed by atoms with Gasteiger partial charge in [0.05, 0.1) is 0 Å². The Kier molecular flexibility index (Phi) is 6.11. The predicted octanol–water partition coefficient (Wildman–Crippen LogP) is 4.95. The summed E-state index contributed by atoms with van der Waals surface area (Å²) in [6.45, 7) is 3.79. The number of thioether (sulfide) groups is 1. The van der Waals surface area contributed by atoms with Crippen LogP contribution in [0.3, 0.4) is 0 Å². The molecule has 2 aromatic heterocycles. The van der Waals surface area contributed by atoms with Gasteiger partial charge in [0.2, 0.25) is 5.89 Å². The number of carbonyl (C=O) groups excluding carboxylic acids is 1. The minimum atomic E-state index is -0.484. The molecule has 0 amide bonds. The number of ether oxygens (including phenoxy) is 1. The number of hydrogen-bond donors (Lipinski definition) is 0. The second kappa shape index (κ2) is 8.95. The molecule has 0 aliphatic carbocycles. The van der Waals surface area contributed by atoms with Crippen molar-refractivity contribution >= 4 is 40.3 Å². The number of fused-ring (bicyclic) bond motifs is 1. The van der Waals surface area contributed by atoms with Gasteiger partial charge in [0.1, 0.15) is 17.9 Å². The van der Waals surface area contributed by atoms with Gasteiger partial charge >= 0.3 is 11.6 Å². The van der Waals surface area contributed by atoms with E-state index in [0.29, 0.717) is 22.1 Å². The van der Waals surface area contributed by atoms with Crippen molar-refractivity contribution in [2.75, 3.05) is 5.75 Å². The molecular formula is C22H17ClN2O5S. The highest BCUT2D eigenvalue weighted by Crippen LogP contribution is 2.26. The summed E-state index contributed by atoms with van der Waals surface area (Å²) < 4.78 is 16.2. The van der Waals surface area contributed by atoms with E-state index < -0.39 is 11.6 Å². The molecule has 0 saturated carbocycles. The summed E-state index contributed by atoms with van der Waals surface area (Å²) in [5.41, 5.74) is 3.24. The van der Waals surface area contributed by atoms with Crippen LogP contribution in [-0.2, 0) is 16.1 Å². The van der Waals surface area contributed by atoms with Crippen LogP contribution in [0.1, 0.15) is 16.7 Å². The highest BCUT2D eigenvalue weighted by molar-refractivity contribution is 7.99. The Labute approximate surface area is 186 Å². The van der Waals surface area contributed by atoms with Gasteiger partial charge in [0.15, 0.2) is 0 Å². The fourth-order valence-electron chi connectivity index (χ4n) is 2.94. The molecule has 31 heavy (non-hydrogen) atoms.